The third-order valence-corrected chi connectivity index (χ3v) is 22.0. The van der Waals surface area contributed by atoms with Gasteiger partial charge < -0.3 is 110 Å². The number of imidazole rings is 3. The summed E-state index contributed by atoms with van der Waals surface area (Å²) in [6, 6.07) is 10.1. The minimum atomic E-state index is -0.649. The fourth-order valence-electron chi connectivity index (χ4n) is 13.9. The minimum absolute atomic E-state index is 0.0276. The second-order valence-corrected chi connectivity index (χ2v) is 31.5. The van der Waals surface area contributed by atoms with Gasteiger partial charge in [0.15, 0.2) is 23.3 Å². The number of carbonyl (C=O) groups excluding carboxylic acids is 9. The molecule has 3 aliphatic heterocycles. The van der Waals surface area contributed by atoms with Gasteiger partial charge in [-0.2, -0.15) is 0 Å². The van der Waals surface area contributed by atoms with Gasteiger partial charge in [-0.3, -0.25) is 67.9 Å². The number of rotatable bonds is 46. The number of hydrogen-bond acceptors (Lipinski definition) is 26. The van der Waals surface area contributed by atoms with Gasteiger partial charge in [-0.15, -0.1) is 21.5 Å². The predicted octanol–water partition coefficient (Wildman–Crippen LogP) is 3.08. The highest BCUT2D eigenvalue weighted by atomic mass is 35.5. The van der Waals surface area contributed by atoms with Gasteiger partial charge in [0.25, 0.3) is 35.4 Å². The van der Waals surface area contributed by atoms with E-state index in [1.165, 1.54) is 70.8 Å². The van der Waals surface area contributed by atoms with Crippen LogP contribution in [0.4, 0.5) is 28.8 Å². The average molecular weight is 1740 g/mol. The van der Waals surface area contributed by atoms with Gasteiger partial charge in [0, 0.05) is 191 Å². The summed E-state index contributed by atoms with van der Waals surface area (Å²) in [6.45, 7) is 19.0. The van der Waals surface area contributed by atoms with Crippen molar-refractivity contribution in [3.8, 4) is 5.00 Å². The predicted molar refractivity (Wildman–Crippen MR) is 458 cm³/mol. The smallest absolute Gasteiger partial charge is 0.291 e. The maximum absolute atomic E-state index is 13.7. The number of ether oxygens (including phenoxy) is 6. The van der Waals surface area contributed by atoms with E-state index in [9.17, 15) is 43.2 Å². The number of aliphatic imine (C=N–C) groups is 1. The summed E-state index contributed by atoms with van der Waals surface area (Å²) in [6.07, 6.45) is 9.13. The fraction of sp³-hybridized carbons (Fsp3) is 0.500. The molecule has 0 radical (unpaired) electrons. The number of likely N-dealkylation sites (tertiary alicyclic amines) is 1. The van der Waals surface area contributed by atoms with Crippen LogP contribution in [-0.4, -0.2) is 296 Å². The number of amidine groups is 1. The van der Waals surface area contributed by atoms with Gasteiger partial charge in [-0.05, 0) is 63.4 Å². The molecule has 3 aliphatic rings. The van der Waals surface area contributed by atoms with Crippen LogP contribution < -0.4 is 53.6 Å². The molecule has 2 saturated heterocycles. The highest BCUT2D eigenvalue weighted by Gasteiger charge is 2.34. The van der Waals surface area contributed by atoms with Crippen LogP contribution in [0.2, 0.25) is 5.02 Å². The lowest BCUT2D eigenvalue weighted by molar-refractivity contribution is -0.123. The Morgan fingerprint density at radius 2 is 0.935 bits per heavy atom. The summed E-state index contributed by atoms with van der Waals surface area (Å²) >= 11 is 7.98. The van der Waals surface area contributed by atoms with E-state index >= 15 is 0 Å². The maximum atomic E-state index is 13.7. The molecule has 43 heteroatoms. The van der Waals surface area contributed by atoms with E-state index in [4.69, 9.17) is 56.2 Å². The molecule has 1 aromatic carbocycles. The number of benzene rings is 1. The number of nitrogens with two attached hydrogens (primary N) is 1. The molecular formula is C80H109ClN26O15S. The highest BCUT2D eigenvalue weighted by molar-refractivity contribution is 7.15. The van der Waals surface area contributed by atoms with Crippen LogP contribution in [0.1, 0.15) is 131 Å². The molecule has 0 bridgehead atoms. The molecule has 0 spiro atoms. The van der Waals surface area contributed by atoms with Crippen molar-refractivity contribution < 1.29 is 71.6 Å². The number of nitrogens with zero attached hydrogens (tertiary/aromatic N) is 15. The molecule has 1 atom stereocenters. The molecule has 8 aromatic rings. The number of hydrogen-bond donors (Lipinski definition) is 11. The molecule has 0 unspecified atom stereocenters. The molecule has 2 fully saturated rings. The van der Waals surface area contributed by atoms with Crippen molar-refractivity contribution in [1.29, 1.82) is 5.41 Å². The summed E-state index contributed by atoms with van der Waals surface area (Å²) in [7, 11) is 7.91. The van der Waals surface area contributed by atoms with E-state index in [0.29, 0.717) is 70.3 Å². The van der Waals surface area contributed by atoms with Crippen molar-refractivity contribution >= 4 is 116 Å². The Kier molecular flexibility index (Phi) is 33.8. The summed E-state index contributed by atoms with van der Waals surface area (Å²) in [5.41, 5.74) is 10.2. The van der Waals surface area contributed by atoms with Crippen molar-refractivity contribution in [2.45, 2.75) is 71.4 Å². The SMILES string of the molecule is Cc1sc2c(c1C)C(c1ccc(Cl)cc1)=N[C@@H](CC(=O)NC1CCN(CCOCCOCCOCCN3CCN(CCOCCOCCOCC(=O)Nc4cn(C)c(C(=O)Nc5cc(C(=O)NCCC(=O)Nc6cn(C)c(C(=O)Nc7cc(C(=O)NCCC(=O)Nc8cn(C)c(C(=O)NCCC(=N)N)n8)n(C)c7)n6)n(C)c5)n4)CC3)CC1)c1nnc(C)n1-2. The van der Waals surface area contributed by atoms with Crippen molar-refractivity contribution in [1.82, 2.24) is 88.5 Å². The van der Waals surface area contributed by atoms with E-state index in [1.54, 1.807) is 46.6 Å². The Morgan fingerprint density at radius 1 is 0.504 bits per heavy atom. The monoisotopic (exact) mass is 1740 g/mol. The van der Waals surface area contributed by atoms with Crippen molar-refractivity contribution in [2.75, 3.05) is 184 Å². The van der Waals surface area contributed by atoms with Gasteiger partial charge >= 0.3 is 0 Å². The lowest BCUT2D eigenvalue weighted by Crippen LogP contribution is -2.48. The van der Waals surface area contributed by atoms with Crippen LogP contribution in [0.25, 0.3) is 5.00 Å². The Hall–Kier alpha value is -11.4. The number of halogens is 1. The van der Waals surface area contributed by atoms with E-state index in [-0.39, 0.29) is 141 Å². The number of aryl methyl sites for hydroxylation is 7. The molecule has 123 heavy (non-hydrogen) atoms. The second kappa shape index (κ2) is 45.1. The number of piperazine rings is 1. The number of nitrogens with one attached hydrogen (secondary N) is 10. The molecule has 662 valence electrons. The Morgan fingerprint density at radius 3 is 1.41 bits per heavy atom. The Labute approximate surface area is 719 Å². The lowest BCUT2D eigenvalue weighted by atomic mass is 9.99. The lowest BCUT2D eigenvalue weighted by Gasteiger charge is -2.34. The molecule has 9 amide bonds. The quantitative estimate of drug-likeness (QED) is 0.0148. The van der Waals surface area contributed by atoms with Crippen LogP contribution in [0, 0.1) is 26.2 Å². The van der Waals surface area contributed by atoms with Crippen molar-refractivity contribution in [2.24, 2.45) is 46.0 Å². The zero-order valence-electron chi connectivity index (χ0n) is 70.4. The van der Waals surface area contributed by atoms with Gasteiger partial charge in [0.2, 0.25) is 35.2 Å². The van der Waals surface area contributed by atoms with E-state index in [2.05, 4.69) is 106 Å². The summed E-state index contributed by atoms with van der Waals surface area (Å²) in [4.78, 5) is 144. The summed E-state index contributed by atoms with van der Waals surface area (Å²) < 4.78 is 43.8. The Balaban J connectivity index is 0.463. The van der Waals surface area contributed by atoms with Crippen molar-refractivity contribution in [3.05, 3.63) is 134 Å². The molecule has 7 aromatic heterocycles. The molecular weight excluding hydrogens is 1630 g/mol. The number of amides is 9. The topological polar surface area (TPSA) is 483 Å². The first-order valence-electron chi connectivity index (χ1n) is 40.6. The second-order valence-electron chi connectivity index (χ2n) is 29.8. The number of fused-ring (bicyclic) bond motifs is 3. The number of aromatic nitrogens is 11. The summed E-state index contributed by atoms with van der Waals surface area (Å²) in [5.74, 6) is -2.78. The van der Waals surface area contributed by atoms with E-state index < -0.39 is 53.3 Å². The van der Waals surface area contributed by atoms with Crippen LogP contribution >= 0.6 is 22.9 Å². The third-order valence-electron chi connectivity index (χ3n) is 20.5. The number of thiophene rings is 1. The van der Waals surface area contributed by atoms with Crippen LogP contribution in [-0.2, 0) is 82.8 Å². The first-order valence-corrected chi connectivity index (χ1v) is 41.8. The molecule has 41 nitrogen and oxygen atoms in total. The van der Waals surface area contributed by atoms with Gasteiger partial charge in [0.1, 0.15) is 34.9 Å². The molecule has 0 aliphatic carbocycles. The zero-order valence-corrected chi connectivity index (χ0v) is 72.0. The standard InChI is InChI=1S/C80H109ClN26O15S/c1-50-51(2)123-80-69(50)70(53-9-11-54(81)12-10-53)90-58(71-98-97-52(3)107(71)80)43-67(110)87-55-16-21-104(22-17-55)27-30-117-33-36-120-37-34-118-31-28-105-23-25-106(26-24-105)29-32-119-35-38-121-39-40-122-49-68(111)93-64-48-103(8)74(96-64)79(116)89-57-42-60(100(5)45-57)76(113)85-20-15-66(109)92-63-47-102(7)73(95-63)78(115)88-56-41-59(99(4)44-56)75(112)84-19-14-65(108)91-62-46-101(6)72(94-62)77(114)86-18-13-61(82)83/h9-12,41-42,44-48,55,58H,13-40,43,49H2,1-8H3,(H3,82,83)(H,84,112)(H,85,113)(H,86,114)(H,87,110)(H,88,115)(H,89,116)(H,91,108)(H,92,109)(H,93,111)/t58-/m0/s1. The van der Waals surface area contributed by atoms with Crippen LogP contribution in [0.5, 0.6) is 0 Å². The van der Waals surface area contributed by atoms with Crippen molar-refractivity contribution in [3.63, 3.8) is 0 Å². The Bertz CT molecular complexity index is 5040. The number of carbonyl (C=O) groups is 9. The molecule has 10 heterocycles. The first-order chi connectivity index (χ1) is 59.2. The van der Waals surface area contributed by atoms with Gasteiger partial charge in [-0.25, -0.2) is 15.0 Å². The van der Waals surface area contributed by atoms with E-state index in [0.717, 1.165) is 105 Å². The minimum Gasteiger partial charge on any atom is -0.388 e. The number of piperidine rings is 1. The first kappa shape index (κ1) is 92.3. The molecule has 12 N–H and O–H groups in total. The normalized spacial score (nSPS) is 14.4. The highest BCUT2D eigenvalue weighted by Crippen LogP contribution is 2.40. The molecule has 11 rings (SSSR count). The average Bonchev–Trinajstić information content (AvgIpc) is 1.58. The van der Waals surface area contributed by atoms with Gasteiger partial charge in [0.05, 0.1) is 102 Å². The van der Waals surface area contributed by atoms with Gasteiger partial charge in [-0.1, -0.05) is 23.7 Å². The van der Waals surface area contributed by atoms with Crippen LogP contribution in [0.3, 0.4) is 0 Å². The molecule has 0 saturated carbocycles. The number of anilines is 5. The zero-order chi connectivity index (χ0) is 87.6. The maximum Gasteiger partial charge on any atom is 0.291 e. The van der Waals surface area contributed by atoms with E-state index in [1.807, 2.05) is 31.2 Å². The largest absolute Gasteiger partial charge is 0.388 e. The fourth-order valence-corrected chi connectivity index (χ4v) is 15.2. The van der Waals surface area contributed by atoms with Crippen LogP contribution in [0.15, 0.2) is 72.4 Å². The third kappa shape index (κ3) is 26.8. The summed E-state index contributed by atoms with van der Waals surface area (Å²) in [5, 5.41) is 42.4.